The van der Waals surface area contributed by atoms with Crippen LogP contribution in [0.4, 0.5) is 14.5 Å². The molecule has 0 aliphatic rings. The number of anilines is 1. The van der Waals surface area contributed by atoms with E-state index in [1.807, 2.05) is 13.0 Å². The van der Waals surface area contributed by atoms with Crippen molar-refractivity contribution in [1.29, 1.82) is 0 Å². The number of nitrogen functional groups attached to an aromatic ring is 1. The van der Waals surface area contributed by atoms with Crippen LogP contribution in [0.15, 0.2) is 40.9 Å². The molecule has 2 N–H and O–H groups in total. The maximum atomic E-state index is 12.9. The van der Waals surface area contributed by atoms with Crippen molar-refractivity contribution in [3.63, 3.8) is 0 Å². The Kier molecular flexibility index (Phi) is 4.04. The molecule has 0 atom stereocenters. The highest BCUT2D eigenvalue weighted by molar-refractivity contribution is 9.10. The summed E-state index contributed by atoms with van der Waals surface area (Å²) in [6.45, 7) is 1.85. The first-order chi connectivity index (χ1) is 8.97. The molecule has 2 aromatic carbocycles. The predicted octanol–water partition coefficient (Wildman–Crippen LogP) is 5.07. The summed E-state index contributed by atoms with van der Waals surface area (Å²) >= 11 is 3.34. The van der Waals surface area contributed by atoms with Crippen molar-refractivity contribution in [3.8, 4) is 11.5 Å². The second-order valence-corrected chi connectivity index (χ2v) is 5.03. The van der Waals surface area contributed by atoms with Crippen LogP contribution in [0, 0.1) is 6.92 Å². The fraction of sp³-hybridized carbons (Fsp3) is 0.143. The molecule has 0 saturated carbocycles. The number of ether oxygens (including phenoxy) is 1. The maximum Gasteiger partial charge on any atom is 0.267 e. The van der Waals surface area contributed by atoms with Gasteiger partial charge in [0.1, 0.15) is 11.5 Å². The van der Waals surface area contributed by atoms with Crippen LogP contribution >= 0.6 is 15.9 Å². The average Bonchev–Trinajstić information content (AvgIpc) is 2.34. The SMILES string of the molecule is Cc1cc(Br)ccc1Oc1ccc(N)cc1C(F)F. The standard InChI is InChI=1S/C14H12BrF2NO/c1-8-6-9(15)2-4-12(8)19-13-5-3-10(18)7-11(13)14(16)17/h2-7,14H,18H2,1H3. The van der Waals surface area contributed by atoms with Crippen LogP contribution in [-0.4, -0.2) is 0 Å². The largest absolute Gasteiger partial charge is 0.457 e. The minimum atomic E-state index is -2.63. The van der Waals surface area contributed by atoms with Crippen molar-refractivity contribution in [3.05, 3.63) is 52.0 Å². The molecule has 0 radical (unpaired) electrons. The first-order valence-electron chi connectivity index (χ1n) is 5.59. The molecule has 100 valence electrons. The Morgan fingerprint density at radius 2 is 1.79 bits per heavy atom. The average molecular weight is 328 g/mol. The van der Waals surface area contributed by atoms with Gasteiger partial charge in [-0.1, -0.05) is 15.9 Å². The molecule has 0 aliphatic carbocycles. The molecule has 0 saturated heterocycles. The summed E-state index contributed by atoms with van der Waals surface area (Å²) < 4.78 is 32.3. The Bertz CT molecular complexity index is 602. The van der Waals surface area contributed by atoms with E-state index in [2.05, 4.69) is 15.9 Å². The summed E-state index contributed by atoms with van der Waals surface area (Å²) in [5, 5.41) is 0. The third kappa shape index (κ3) is 3.23. The molecule has 19 heavy (non-hydrogen) atoms. The fourth-order valence-electron chi connectivity index (χ4n) is 1.68. The highest BCUT2D eigenvalue weighted by Crippen LogP contribution is 2.35. The van der Waals surface area contributed by atoms with Crippen LogP contribution in [-0.2, 0) is 0 Å². The van der Waals surface area contributed by atoms with Crippen molar-refractivity contribution in [2.24, 2.45) is 0 Å². The third-order valence-electron chi connectivity index (χ3n) is 2.63. The number of alkyl halides is 2. The number of halogens is 3. The summed E-state index contributed by atoms with van der Waals surface area (Å²) in [5.41, 5.74) is 6.45. The lowest BCUT2D eigenvalue weighted by Crippen LogP contribution is -1.96. The lowest BCUT2D eigenvalue weighted by molar-refractivity contribution is 0.148. The van der Waals surface area contributed by atoms with Gasteiger partial charge in [0.15, 0.2) is 0 Å². The fourth-order valence-corrected chi connectivity index (χ4v) is 2.15. The van der Waals surface area contributed by atoms with E-state index in [0.717, 1.165) is 10.0 Å². The van der Waals surface area contributed by atoms with E-state index < -0.39 is 6.43 Å². The number of hydrogen-bond donors (Lipinski definition) is 1. The Hall–Kier alpha value is -1.62. The molecule has 5 heteroatoms. The molecule has 0 aliphatic heterocycles. The minimum absolute atomic E-state index is 0.120. The van der Waals surface area contributed by atoms with Gasteiger partial charge >= 0.3 is 0 Å². The van der Waals surface area contributed by atoms with E-state index in [1.54, 1.807) is 12.1 Å². The molecule has 0 aromatic heterocycles. The van der Waals surface area contributed by atoms with Crippen molar-refractivity contribution in [2.45, 2.75) is 13.3 Å². The van der Waals surface area contributed by atoms with E-state index >= 15 is 0 Å². The highest BCUT2D eigenvalue weighted by Gasteiger charge is 2.15. The molecular formula is C14H12BrF2NO. The smallest absolute Gasteiger partial charge is 0.267 e. The first-order valence-corrected chi connectivity index (χ1v) is 6.38. The summed E-state index contributed by atoms with van der Waals surface area (Å²) in [5.74, 6) is 0.657. The van der Waals surface area contributed by atoms with Gasteiger partial charge < -0.3 is 10.5 Å². The molecule has 0 unspecified atom stereocenters. The van der Waals surface area contributed by atoms with E-state index in [-0.39, 0.29) is 17.0 Å². The zero-order chi connectivity index (χ0) is 14.0. The van der Waals surface area contributed by atoms with Crippen molar-refractivity contribution >= 4 is 21.6 Å². The molecule has 2 rings (SSSR count). The molecular weight excluding hydrogens is 316 g/mol. The van der Waals surface area contributed by atoms with E-state index in [9.17, 15) is 8.78 Å². The minimum Gasteiger partial charge on any atom is -0.457 e. The molecule has 0 fully saturated rings. The van der Waals surface area contributed by atoms with Crippen molar-refractivity contribution in [1.82, 2.24) is 0 Å². The van der Waals surface area contributed by atoms with E-state index in [0.29, 0.717) is 5.75 Å². The summed E-state index contributed by atoms with van der Waals surface area (Å²) in [6, 6.07) is 9.60. The van der Waals surface area contributed by atoms with E-state index in [4.69, 9.17) is 10.5 Å². The zero-order valence-corrected chi connectivity index (χ0v) is 11.7. The van der Waals surface area contributed by atoms with Crippen LogP contribution in [0.5, 0.6) is 11.5 Å². The Balaban J connectivity index is 2.38. The highest BCUT2D eigenvalue weighted by atomic mass is 79.9. The van der Waals surface area contributed by atoms with Crippen molar-refractivity contribution < 1.29 is 13.5 Å². The van der Waals surface area contributed by atoms with Crippen LogP contribution in [0.1, 0.15) is 17.6 Å². The Morgan fingerprint density at radius 1 is 1.11 bits per heavy atom. The first kappa shape index (κ1) is 13.8. The summed E-state index contributed by atoms with van der Waals surface area (Å²) in [7, 11) is 0. The third-order valence-corrected chi connectivity index (χ3v) is 3.12. The van der Waals surface area contributed by atoms with E-state index in [1.165, 1.54) is 18.2 Å². The van der Waals surface area contributed by atoms with Crippen molar-refractivity contribution in [2.75, 3.05) is 5.73 Å². The number of benzene rings is 2. The van der Waals surface area contributed by atoms with Crippen LogP contribution in [0.25, 0.3) is 0 Å². The van der Waals surface area contributed by atoms with Gasteiger partial charge in [0.2, 0.25) is 0 Å². The number of aryl methyl sites for hydroxylation is 1. The van der Waals surface area contributed by atoms with Gasteiger partial charge in [-0.05, 0) is 48.9 Å². The van der Waals surface area contributed by atoms with Gasteiger partial charge in [-0.3, -0.25) is 0 Å². The van der Waals surface area contributed by atoms with Gasteiger partial charge in [-0.15, -0.1) is 0 Å². The van der Waals surface area contributed by atoms with Gasteiger partial charge in [0, 0.05) is 10.2 Å². The second-order valence-electron chi connectivity index (χ2n) is 4.11. The maximum absolute atomic E-state index is 12.9. The molecule has 0 heterocycles. The second kappa shape index (κ2) is 5.57. The quantitative estimate of drug-likeness (QED) is 0.799. The number of rotatable bonds is 3. The Morgan fingerprint density at radius 3 is 2.42 bits per heavy atom. The van der Waals surface area contributed by atoms with Crippen LogP contribution in [0.2, 0.25) is 0 Å². The lowest BCUT2D eigenvalue weighted by Gasteiger charge is -2.13. The lowest BCUT2D eigenvalue weighted by atomic mass is 10.1. The normalized spacial score (nSPS) is 10.8. The Labute approximate surface area is 118 Å². The molecule has 0 amide bonds. The van der Waals surface area contributed by atoms with Gasteiger partial charge in [-0.25, -0.2) is 8.78 Å². The van der Waals surface area contributed by atoms with Crippen LogP contribution in [0.3, 0.4) is 0 Å². The van der Waals surface area contributed by atoms with Gasteiger partial charge in [0.05, 0.1) is 5.56 Å². The number of hydrogen-bond acceptors (Lipinski definition) is 2. The monoisotopic (exact) mass is 327 g/mol. The van der Waals surface area contributed by atoms with Crippen LogP contribution < -0.4 is 10.5 Å². The van der Waals surface area contributed by atoms with Gasteiger partial charge in [0.25, 0.3) is 6.43 Å². The molecule has 2 aromatic rings. The molecule has 0 spiro atoms. The topological polar surface area (TPSA) is 35.2 Å². The zero-order valence-electron chi connectivity index (χ0n) is 10.2. The summed E-state index contributed by atoms with van der Waals surface area (Å²) in [4.78, 5) is 0. The van der Waals surface area contributed by atoms with Gasteiger partial charge in [-0.2, -0.15) is 0 Å². The molecule has 0 bridgehead atoms. The molecule has 2 nitrogen and oxygen atoms in total. The summed E-state index contributed by atoms with van der Waals surface area (Å²) in [6.07, 6.45) is -2.63. The number of nitrogens with two attached hydrogens (primary N) is 1. The predicted molar refractivity (Wildman–Crippen MR) is 74.8 cm³/mol.